The summed E-state index contributed by atoms with van der Waals surface area (Å²) in [7, 11) is 3.92. The van der Waals surface area contributed by atoms with Crippen LogP contribution in [0.5, 0.6) is 0 Å². The smallest absolute Gasteiger partial charge is 0.409 e. The zero-order valence-corrected chi connectivity index (χ0v) is 14.5. The van der Waals surface area contributed by atoms with E-state index in [9.17, 15) is 4.79 Å². The molecule has 23 heavy (non-hydrogen) atoms. The molecule has 1 saturated heterocycles. The lowest BCUT2D eigenvalue weighted by molar-refractivity contribution is 0.0943. The summed E-state index contributed by atoms with van der Waals surface area (Å²) in [6.07, 6.45) is 2.44. The van der Waals surface area contributed by atoms with Crippen LogP contribution in [0, 0.1) is 5.92 Å². The van der Waals surface area contributed by atoms with Crippen LogP contribution in [0.25, 0.3) is 0 Å². The summed E-state index contributed by atoms with van der Waals surface area (Å²) in [5.41, 5.74) is 0. The minimum atomic E-state index is -0.219. The van der Waals surface area contributed by atoms with E-state index in [-0.39, 0.29) is 6.09 Å². The Kier molecular flexibility index (Phi) is 6.01. The van der Waals surface area contributed by atoms with Gasteiger partial charge in [-0.05, 0) is 18.4 Å². The van der Waals surface area contributed by atoms with Crippen LogP contribution < -0.4 is 9.80 Å². The van der Waals surface area contributed by atoms with E-state index in [1.807, 2.05) is 38.9 Å². The number of hydrogen-bond donors (Lipinski definition) is 0. The summed E-state index contributed by atoms with van der Waals surface area (Å²) in [6.45, 7) is 7.43. The van der Waals surface area contributed by atoms with Crippen LogP contribution in [0.2, 0.25) is 0 Å². The molecule has 0 aromatic carbocycles. The number of nitrogens with zero attached hydrogens (tertiary/aromatic N) is 5. The third kappa shape index (κ3) is 4.97. The minimum Gasteiger partial charge on any atom is -0.449 e. The molecule has 1 amide bonds. The van der Waals surface area contributed by atoms with E-state index in [0.717, 1.165) is 18.8 Å². The Morgan fingerprint density at radius 3 is 2.78 bits per heavy atom. The number of aromatic nitrogens is 2. The molecule has 2 heterocycles. The van der Waals surface area contributed by atoms with Gasteiger partial charge in [0, 0.05) is 46.5 Å². The van der Waals surface area contributed by atoms with Crippen molar-refractivity contribution in [2.45, 2.75) is 20.3 Å². The van der Waals surface area contributed by atoms with E-state index in [1.54, 1.807) is 11.1 Å². The van der Waals surface area contributed by atoms with Gasteiger partial charge in [-0.2, -0.15) is 4.98 Å². The Balaban J connectivity index is 1.95. The molecule has 2 rings (SSSR count). The normalized spacial score (nSPS) is 15.5. The van der Waals surface area contributed by atoms with Crippen molar-refractivity contribution < 1.29 is 9.53 Å². The topological polar surface area (TPSA) is 61.8 Å². The van der Waals surface area contributed by atoms with Crippen molar-refractivity contribution in [3.63, 3.8) is 0 Å². The molecule has 0 N–H and O–H groups in total. The predicted molar refractivity (Wildman–Crippen MR) is 90.9 cm³/mol. The molecule has 0 spiro atoms. The van der Waals surface area contributed by atoms with Gasteiger partial charge in [0.15, 0.2) is 0 Å². The Hall–Kier alpha value is -2.05. The van der Waals surface area contributed by atoms with Gasteiger partial charge in [-0.1, -0.05) is 13.8 Å². The zero-order chi connectivity index (χ0) is 16.8. The van der Waals surface area contributed by atoms with Crippen molar-refractivity contribution in [1.82, 2.24) is 14.9 Å². The first kappa shape index (κ1) is 17.3. The molecule has 1 aliphatic rings. The van der Waals surface area contributed by atoms with Gasteiger partial charge in [-0.15, -0.1) is 0 Å². The molecule has 0 atom stereocenters. The highest BCUT2D eigenvalue weighted by Crippen LogP contribution is 2.15. The molecule has 0 radical (unpaired) electrons. The molecule has 1 fully saturated rings. The third-order valence-corrected chi connectivity index (χ3v) is 3.66. The molecule has 1 aromatic rings. The van der Waals surface area contributed by atoms with Crippen molar-refractivity contribution in [3.05, 3.63) is 12.3 Å². The maximum Gasteiger partial charge on any atom is 0.409 e. The lowest BCUT2D eigenvalue weighted by Gasteiger charge is -2.23. The first-order chi connectivity index (χ1) is 11.0. The van der Waals surface area contributed by atoms with Crippen LogP contribution in [0.3, 0.4) is 0 Å². The number of amides is 1. The maximum absolute atomic E-state index is 12.1. The van der Waals surface area contributed by atoms with Crippen molar-refractivity contribution >= 4 is 17.9 Å². The number of rotatable bonds is 4. The summed E-state index contributed by atoms with van der Waals surface area (Å²) in [4.78, 5) is 26.9. The Bertz CT molecular complexity index is 521. The van der Waals surface area contributed by atoms with Gasteiger partial charge < -0.3 is 19.4 Å². The molecule has 7 nitrogen and oxygen atoms in total. The van der Waals surface area contributed by atoms with E-state index in [1.165, 1.54) is 0 Å². The van der Waals surface area contributed by atoms with E-state index in [4.69, 9.17) is 4.74 Å². The van der Waals surface area contributed by atoms with Crippen LogP contribution >= 0.6 is 0 Å². The fourth-order valence-electron chi connectivity index (χ4n) is 2.37. The second-order valence-corrected chi connectivity index (χ2v) is 6.41. The first-order valence-corrected chi connectivity index (χ1v) is 8.14. The van der Waals surface area contributed by atoms with E-state index in [2.05, 4.69) is 14.9 Å². The summed E-state index contributed by atoms with van der Waals surface area (Å²) >= 11 is 0. The van der Waals surface area contributed by atoms with Crippen molar-refractivity contribution in [1.29, 1.82) is 0 Å². The number of ether oxygens (including phenoxy) is 1. The fourth-order valence-corrected chi connectivity index (χ4v) is 2.37. The van der Waals surface area contributed by atoms with Crippen LogP contribution in [0.15, 0.2) is 12.3 Å². The number of carbonyl (C=O) groups excluding carboxylic acids is 1. The molecule has 1 aliphatic heterocycles. The van der Waals surface area contributed by atoms with Gasteiger partial charge in [-0.3, -0.25) is 0 Å². The van der Waals surface area contributed by atoms with Crippen LogP contribution in [-0.2, 0) is 4.74 Å². The molecular weight excluding hydrogens is 294 g/mol. The number of hydrogen-bond acceptors (Lipinski definition) is 6. The summed E-state index contributed by atoms with van der Waals surface area (Å²) in [5.74, 6) is 1.95. The summed E-state index contributed by atoms with van der Waals surface area (Å²) in [5, 5.41) is 0. The average Bonchev–Trinajstić information content (AvgIpc) is 2.78. The molecule has 0 saturated carbocycles. The monoisotopic (exact) mass is 321 g/mol. The van der Waals surface area contributed by atoms with Crippen LogP contribution in [0.1, 0.15) is 20.3 Å². The van der Waals surface area contributed by atoms with Crippen LogP contribution in [-0.4, -0.2) is 67.8 Å². The van der Waals surface area contributed by atoms with E-state index >= 15 is 0 Å². The van der Waals surface area contributed by atoms with Gasteiger partial charge in [0.05, 0.1) is 6.61 Å². The van der Waals surface area contributed by atoms with Gasteiger partial charge in [0.2, 0.25) is 5.95 Å². The molecular formula is C16H27N5O2. The quantitative estimate of drug-likeness (QED) is 0.843. The minimum absolute atomic E-state index is 0.219. The van der Waals surface area contributed by atoms with Crippen LogP contribution in [0.4, 0.5) is 16.6 Å². The van der Waals surface area contributed by atoms with Gasteiger partial charge in [-0.25, -0.2) is 9.78 Å². The molecule has 1 aromatic heterocycles. The Morgan fingerprint density at radius 2 is 2.09 bits per heavy atom. The molecule has 0 bridgehead atoms. The first-order valence-electron chi connectivity index (χ1n) is 8.14. The van der Waals surface area contributed by atoms with Crippen molar-refractivity contribution in [3.8, 4) is 0 Å². The highest BCUT2D eigenvalue weighted by atomic mass is 16.6. The zero-order valence-electron chi connectivity index (χ0n) is 14.5. The van der Waals surface area contributed by atoms with E-state index in [0.29, 0.717) is 38.1 Å². The lowest BCUT2D eigenvalue weighted by atomic mass is 10.2. The van der Waals surface area contributed by atoms with Gasteiger partial charge in [0.25, 0.3) is 0 Å². The van der Waals surface area contributed by atoms with Gasteiger partial charge >= 0.3 is 6.09 Å². The second-order valence-electron chi connectivity index (χ2n) is 6.41. The number of anilines is 2. The molecule has 0 aliphatic carbocycles. The van der Waals surface area contributed by atoms with Gasteiger partial charge in [0.1, 0.15) is 5.82 Å². The molecule has 0 unspecified atom stereocenters. The highest BCUT2D eigenvalue weighted by molar-refractivity contribution is 5.67. The standard InChI is InChI=1S/C16H27N5O2/c1-13(2)12-23-16(22)21-9-5-8-20(10-11-21)15-17-7-6-14(18-15)19(3)4/h6-7,13H,5,8-12H2,1-4H3. The average molecular weight is 321 g/mol. The lowest BCUT2D eigenvalue weighted by Crippen LogP contribution is -2.36. The predicted octanol–water partition coefficient (Wildman–Crippen LogP) is 1.85. The van der Waals surface area contributed by atoms with Crippen molar-refractivity contribution in [2.75, 3.05) is 56.7 Å². The third-order valence-electron chi connectivity index (χ3n) is 3.66. The molecule has 128 valence electrons. The maximum atomic E-state index is 12.1. The largest absolute Gasteiger partial charge is 0.449 e. The second kappa shape index (κ2) is 7.99. The Morgan fingerprint density at radius 1 is 1.30 bits per heavy atom. The van der Waals surface area contributed by atoms with Crippen molar-refractivity contribution in [2.24, 2.45) is 5.92 Å². The summed E-state index contributed by atoms with van der Waals surface area (Å²) < 4.78 is 5.32. The highest BCUT2D eigenvalue weighted by Gasteiger charge is 2.21. The van der Waals surface area contributed by atoms with E-state index < -0.39 is 0 Å². The number of carbonyl (C=O) groups is 1. The SMILES string of the molecule is CC(C)COC(=O)N1CCCN(c2nccc(N(C)C)n2)CC1. The Labute approximate surface area is 138 Å². The summed E-state index contributed by atoms with van der Waals surface area (Å²) in [6, 6.07) is 1.89. The molecule has 7 heteroatoms. The fraction of sp³-hybridized carbons (Fsp3) is 0.688.